The number of hydrogen-bond donors (Lipinski definition) is 0. The summed E-state index contributed by atoms with van der Waals surface area (Å²) >= 11 is 1.28. The first-order valence-corrected chi connectivity index (χ1v) is 7.86. The van der Waals surface area contributed by atoms with Gasteiger partial charge in [-0.2, -0.15) is 0 Å². The monoisotopic (exact) mass is 302 g/mol. The molecule has 1 aliphatic heterocycles. The molecule has 0 N–H and O–H groups in total. The fraction of sp³-hybridized carbons (Fsp3) is 0.400. The van der Waals surface area contributed by atoms with E-state index in [1.807, 2.05) is 17.9 Å². The summed E-state index contributed by atoms with van der Waals surface area (Å²) in [4.78, 5) is 17.5. The normalized spacial score (nSPS) is 16.1. The molecule has 0 bridgehead atoms. The zero-order chi connectivity index (χ0) is 14.7. The van der Waals surface area contributed by atoms with E-state index in [4.69, 9.17) is 0 Å². The van der Waals surface area contributed by atoms with Crippen LogP contribution in [0.4, 0.5) is 0 Å². The van der Waals surface area contributed by atoms with Crippen LogP contribution in [-0.2, 0) is 6.54 Å². The maximum atomic E-state index is 12.4. The van der Waals surface area contributed by atoms with Crippen LogP contribution in [0.3, 0.4) is 0 Å². The molecule has 0 spiro atoms. The molecule has 2 aromatic rings. The standard InChI is InChI=1S/C15H18N4OS/c1-12-14(16-17-21-12)15(20)19-9-7-18(8-10-19)11-13-5-3-2-4-6-13/h2-6H,7-11H2,1H3. The van der Waals surface area contributed by atoms with Crippen LogP contribution in [0.1, 0.15) is 20.9 Å². The van der Waals surface area contributed by atoms with Gasteiger partial charge in [0, 0.05) is 32.7 Å². The Morgan fingerprint density at radius 1 is 1.19 bits per heavy atom. The van der Waals surface area contributed by atoms with E-state index in [0.717, 1.165) is 37.6 Å². The summed E-state index contributed by atoms with van der Waals surface area (Å²) in [5, 5.41) is 3.94. The molecule has 1 saturated heterocycles. The number of benzene rings is 1. The highest BCUT2D eigenvalue weighted by atomic mass is 32.1. The smallest absolute Gasteiger partial charge is 0.275 e. The summed E-state index contributed by atoms with van der Waals surface area (Å²) in [5.41, 5.74) is 1.83. The first-order valence-electron chi connectivity index (χ1n) is 7.08. The van der Waals surface area contributed by atoms with Gasteiger partial charge in [0.05, 0.1) is 4.88 Å². The number of nitrogens with zero attached hydrogens (tertiary/aromatic N) is 4. The number of rotatable bonds is 3. The molecule has 1 fully saturated rings. The van der Waals surface area contributed by atoms with Gasteiger partial charge >= 0.3 is 0 Å². The van der Waals surface area contributed by atoms with Crippen molar-refractivity contribution in [3.05, 3.63) is 46.5 Å². The molecule has 110 valence electrons. The van der Waals surface area contributed by atoms with Crippen LogP contribution in [0.5, 0.6) is 0 Å². The highest BCUT2D eigenvalue weighted by molar-refractivity contribution is 7.05. The fourth-order valence-corrected chi connectivity index (χ4v) is 2.99. The number of aromatic nitrogens is 2. The highest BCUT2D eigenvalue weighted by Gasteiger charge is 2.25. The lowest BCUT2D eigenvalue weighted by atomic mass is 10.2. The van der Waals surface area contributed by atoms with Crippen molar-refractivity contribution in [3.8, 4) is 0 Å². The van der Waals surface area contributed by atoms with Gasteiger partial charge in [-0.1, -0.05) is 34.8 Å². The molecule has 1 aromatic heterocycles. The molecule has 0 atom stereocenters. The Balaban J connectivity index is 1.56. The molecule has 5 nitrogen and oxygen atoms in total. The third kappa shape index (κ3) is 3.28. The van der Waals surface area contributed by atoms with Crippen molar-refractivity contribution in [2.24, 2.45) is 0 Å². The highest BCUT2D eigenvalue weighted by Crippen LogP contribution is 2.14. The van der Waals surface area contributed by atoms with Crippen molar-refractivity contribution in [1.82, 2.24) is 19.4 Å². The van der Waals surface area contributed by atoms with Crippen molar-refractivity contribution < 1.29 is 4.79 Å². The van der Waals surface area contributed by atoms with Gasteiger partial charge in [0.2, 0.25) is 0 Å². The Hall–Kier alpha value is -1.79. The molecule has 1 aromatic carbocycles. The number of amides is 1. The van der Waals surface area contributed by atoms with E-state index in [2.05, 4.69) is 38.8 Å². The van der Waals surface area contributed by atoms with Gasteiger partial charge in [-0.15, -0.1) is 5.10 Å². The summed E-state index contributed by atoms with van der Waals surface area (Å²) in [7, 11) is 0. The van der Waals surface area contributed by atoms with E-state index in [9.17, 15) is 4.79 Å². The largest absolute Gasteiger partial charge is 0.335 e. The summed E-state index contributed by atoms with van der Waals surface area (Å²) < 4.78 is 3.84. The van der Waals surface area contributed by atoms with Crippen molar-refractivity contribution in [2.75, 3.05) is 26.2 Å². The summed E-state index contributed by atoms with van der Waals surface area (Å²) in [6.07, 6.45) is 0. The second-order valence-electron chi connectivity index (χ2n) is 5.23. The van der Waals surface area contributed by atoms with E-state index >= 15 is 0 Å². The van der Waals surface area contributed by atoms with E-state index < -0.39 is 0 Å². The lowest BCUT2D eigenvalue weighted by molar-refractivity contribution is 0.0622. The van der Waals surface area contributed by atoms with Gasteiger partial charge in [-0.05, 0) is 24.0 Å². The zero-order valence-electron chi connectivity index (χ0n) is 12.0. The second-order valence-corrected chi connectivity index (χ2v) is 6.19. The Morgan fingerprint density at radius 2 is 1.90 bits per heavy atom. The van der Waals surface area contributed by atoms with Crippen molar-refractivity contribution >= 4 is 17.4 Å². The van der Waals surface area contributed by atoms with E-state index in [-0.39, 0.29) is 5.91 Å². The van der Waals surface area contributed by atoms with E-state index in [1.165, 1.54) is 17.1 Å². The Labute approximate surface area is 128 Å². The number of hydrogen-bond acceptors (Lipinski definition) is 5. The zero-order valence-corrected chi connectivity index (χ0v) is 12.8. The van der Waals surface area contributed by atoms with Gasteiger partial charge in [-0.3, -0.25) is 9.69 Å². The van der Waals surface area contributed by atoms with Gasteiger partial charge < -0.3 is 4.90 Å². The average molecular weight is 302 g/mol. The maximum absolute atomic E-state index is 12.4. The number of piperazine rings is 1. The summed E-state index contributed by atoms with van der Waals surface area (Å²) in [6, 6.07) is 10.4. The van der Waals surface area contributed by atoms with Gasteiger partial charge in [-0.25, -0.2) is 0 Å². The minimum absolute atomic E-state index is 0.0145. The molecule has 1 aliphatic rings. The van der Waals surface area contributed by atoms with Crippen molar-refractivity contribution in [2.45, 2.75) is 13.5 Å². The van der Waals surface area contributed by atoms with Gasteiger partial charge in [0.1, 0.15) is 0 Å². The van der Waals surface area contributed by atoms with Crippen LogP contribution >= 0.6 is 11.5 Å². The molecule has 21 heavy (non-hydrogen) atoms. The predicted molar refractivity (Wildman–Crippen MR) is 82.3 cm³/mol. The second kappa shape index (κ2) is 6.32. The predicted octanol–water partition coefficient (Wildman–Crippen LogP) is 1.80. The molecular weight excluding hydrogens is 284 g/mol. The third-order valence-corrected chi connectivity index (χ3v) is 4.39. The molecule has 3 rings (SSSR count). The molecular formula is C15H18N4OS. The molecule has 0 unspecified atom stereocenters. The van der Waals surface area contributed by atoms with Crippen LogP contribution in [-0.4, -0.2) is 51.5 Å². The molecule has 0 saturated carbocycles. The first-order chi connectivity index (χ1) is 10.2. The van der Waals surface area contributed by atoms with E-state index in [1.54, 1.807) is 0 Å². The summed E-state index contributed by atoms with van der Waals surface area (Å²) in [6.45, 7) is 6.14. The van der Waals surface area contributed by atoms with Crippen LogP contribution in [0, 0.1) is 6.92 Å². The molecule has 6 heteroatoms. The molecule has 0 radical (unpaired) electrons. The minimum Gasteiger partial charge on any atom is -0.335 e. The molecule has 2 heterocycles. The SMILES string of the molecule is Cc1snnc1C(=O)N1CCN(Cc2ccccc2)CC1. The summed E-state index contributed by atoms with van der Waals surface area (Å²) in [5.74, 6) is 0.0145. The van der Waals surface area contributed by atoms with Gasteiger partial charge in [0.25, 0.3) is 5.91 Å². The lowest BCUT2D eigenvalue weighted by Crippen LogP contribution is -2.48. The molecule has 1 amide bonds. The topological polar surface area (TPSA) is 49.3 Å². The fourth-order valence-electron chi connectivity index (χ4n) is 2.53. The average Bonchev–Trinajstić information content (AvgIpc) is 2.94. The number of aryl methyl sites for hydroxylation is 1. The maximum Gasteiger partial charge on any atom is 0.275 e. The minimum atomic E-state index is 0.0145. The van der Waals surface area contributed by atoms with Gasteiger partial charge in [0.15, 0.2) is 5.69 Å². The Morgan fingerprint density at radius 3 is 2.52 bits per heavy atom. The first kappa shape index (κ1) is 14.2. The quantitative estimate of drug-likeness (QED) is 0.867. The van der Waals surface area contributed by atoms with Crippen LogP contribution in [0.15, 0.2) is 30.3 Å². The Kier molecular flexibility index (Phi) is 4.26. The van der Waals surface area contributed by atoms with E-state index in [0.29, 0.717) is 5.69 Å². The third-order valence-electron chi connectivity index (χ3n) is 3.76. The van der Waals surface area contributed by atoms with Crippen molar-refractivity contribution in [1.29, 1.82) is 0 Å². The lowest BCUT2D eigenvalue weighted by Gasteiger charge is -2.34. The van der Waals surface area contributed by atoms with Crippen LogP contribution in [0.2, 0.25) is 0 Å². The number of carbonyl (C=O) groups excluding carboxylic acids is 1. The number of carbonyl (C=O) groups is 1. The molecule has 0 aliphatic carbocycles. The Bertz CT molecular complexity index is 605. The van der Waals surface area contributed by atoms with Crippen molar-refractivity contribution in [3.63, 3.8) is 0 Å². The van der Waals surface area contributed by atoms with Crippen LogP contribution in [0.25, 0.3) is 0 Å². The van der Waals surface area contributed by atoms with Crippen LogP contribution < -0.4 is 0 Å².